The summed E-state index contributed by atoms with van der Waals surface area (Å²) in [6.45, 7) is 0.503. The Morgan fingerprint density at radius 1 is 1.65 bits per heavy atom. The molecule has 104 valence electrons. The van der Waals surface area contributed by atoms with Crippen molar-refractivity contribution in [2.45, 2.75) is 6.54 Å². The quantitative estimate of drug-likeness (QED) is 0.775. The number of nitriles is 1. The molecule has 0 spiro atoms. The van der Waals surface area contributed by atoms with Crippen molar-refractivity contribution in [1.82, 2.24) is 15.1 Å². The lowest BCUT2D eigenvalue weighted by Crippen LogP contribution is -2.20. The van der Waals surface area contributed by atoms with Gasteiger partial charge in [0, 0.05) is 32.4 Å². The third-order valence-electron chi connectivity index (χ3n) is 2.71. The van der Waals surface area contributed by atoms with Gasteiger partial charge in [0.15, 0.2) is 0 Å². The second-order valence-electron chi connectivity index (χ2n) is 4.12. The summed E-state index contributed by atoms with van der Waals surface area (Å²) in [5.41, 5.74) is 7.34. The number of carbonyl (C=O) groups is 1. The Hall–Kier alpha value is -2.53. The number of anilines is 2. The third kappa shape index (κ3) is 2.57. The summed E-state index contributed by atoms with van der Waals surface area (Å²) >= 11 is 1.17. The predicted octanol–water partition coefficient (Wildman–Crippen LogP) is 0.907. The van der Waals surface area contributed by atoms with Gasteiger partial charge in [0.25, 0.3) is 5.91 Å². The Kier molecular flexibility index (Phi) is 3.91. The van der Waals surface area contributed by atoms with Gasteiger partial charge in [-0.2, -0.15) is 10.4 Å². The summed E-state index contributed by atoms with van der Waals surface area (Å²) < 4.78 is 1.69. The molecule has 2 aromatic heterocycles. The Morgan fingerprint density at radius 3 is 2.95 bits per heavy atom. The van der Waals surface area contributed by atoms with Crippen molar-refractivity contribution in [3.8, 4) is 6.07 Å². The number of nitrogen functional groups attached to an aromatic ring is 1. The SMILES string of the molecule is CNC(=O)c1c(NCc2cnn(C)c2)sc(C#N)c1N. The predicted molar refractivity (Wildman–Crippen MR) is 77.4 cm³/mol. The van der Waals surface area contributed by atoms with Gasteiger partial charge in [0.05, 0.1) is 17.4 Å². The molecular weight excluding hydrogens is 276 g/mol. The fourth-order valence-corrected chi connectivity index (χ4v) is 2.66. The summed E-state index contributed by atoms with van der Waals surface area (Å²) in [5, 5.41) is 19.3. The number of nitrogens with one attached hydrogen (secondary N) is 2. The van der Waals surface area contributed by atoms with Crippen molar-refractivity contribution in [2.24, 2.45) is 7.05 Å². The maximum absolute atomic E-state index is 11.8. The summed E-state index contributed by atoms with van der Waals surface area (Å²) in [7, 11) is 3.35. The van der Waals surface area contributed by atoms with Crippen LogP contribution in [0.15, 0.2) is 12.4 Å². The number of carbonyl (C=O) groups excluding carboxylic acids is 1. The largest absolute Gasteiger partial charge is 0.396 e. The maximum atomic E-state index is 11.8. The van der Waals surface area contributed by atoms with Crippen molar-refractivity contribution in [3.63, 3.8) is 0 Å². The van der Waals surface area contributed by atoms with Gasteiger partial charge >= 0.3 is 0 Å². The summed E-state index contributed by atoms with van der Waals surface area (Å²) in [4.78, 5) is 12.2. The van der Waals surface area contributed by atoms with Gasteiger partial charge in [-0.15, -0.1) is 11.3 Å². The molecule has 2 aromatic rings. The Bertz CT molecular complexity index is 681. The van der Waals surface area contributed by atoms with Gasteiger partial charge in [0.1, 0.15) is 15.9 Å². The number of aryl methyl sites for hydroxylation is 1. The van der Waals surface area contributed by atoms with E-state index < -0.39 is 0 Å². The van der Waals surface area contributed by atoms with Gasteiger partial charge in [-0.25, -0.2) is 0 Å². The minimum absolute atomic E-state index is 0.213. The molecule has 0 bridgehead atoms. The van der Waals surface area contributed by atoms with Crippen LogP contribution in [0.1, 0.15) is 20.8 Å². The first kappa shape index (κ1) is 13.9. The number of amides is 1. The number of nitrogens with two attached hydrogens (primary N) is 1. The maximum Gasteiger partial charge on any atom is 0.256 e. The van der Waals surface area contributed by atoms with Crippen LogP contribution in [0.3, 0.4) is 0 Å². The molecule has 0 saturated heterocycles. The summed E-state index contributed by atoms with van der Waals surface area (Å²) in [6.07, 6.45) is 3.60. The number of rotatable bonds is 4. The molecule has 0 fully saturated rings. The minimum Gasteiger partial charge on any atom is -0.396 e. The zero-order valence-corrected chi connectivity index (χ0v) is 11.9. The highest BCUT2D eigenvalue weighted by molar-refractivity contribution is 7.17. The zero-order valence-electron chi connectivity index (χ0n) is 11.1. The molecule has 0 unspecified atom stereocenters. The fourth-order valence-electron chi connectivity index (χ4n) is 1.75. The number of hydrogen-bond acceptors (Lipinski definition) is 6. The van der Waals surface area contributed by atoms with Crippen LogP contribution in [0.5, 0.6) is 0 Å². The Morgan fingerprint density at radius 2 is 2.40 bits per heavy atom. The van der Waals surface area contributed by atoms with Crippen LogP contribution < -0.4 is 16.4 Å². The van der Waals surface area contributed by atoms with E-state index in [1.54, 1.807) is 10.9 Å². The van der Waals surface area contributed by atoms with Gasteiger partial charge in [-0.1, -0.05) is 0 Å². The minimum atomic E-state index is -0.311. The van der Waals surface area contributed by atoms with Gasteiger partial charge in [-0.05, 0) is 0 Å². The standard InChI is InChI=1S/C12H14N6OS/c1-15-11(19)9-10(14)8(3-13)20-12(9)16-4-7-5-17-18(2)6-7/h5-6,16H,4,14H2,1-2H3,(H,15,19). The van der Waals surface area contributed by atoms with E-state index in [0.29, 0.717) is 22.0 Å². The molecular formula is C12H14N6OS. The van der Waals surface area contributed by atoms with Gasteiger partial charge in [-0.3, -0.25) is 9.48 Å². The van der Waals surface area contributed by atoms with E-state index in [0.717, 1.165) is 5.56 Å². The van der Waals surface area contributed by atoms with E-state index >= 15 is 0 Å². The van der Waals surface area contributed by atoms with Gasteiger partial charge in [0.2, 0.25) is 0 Å². The molecule has 0 radical (unpaired) electrons. The van der Waals surface area contributed by atoms with Crippen LogP contribution in [-0.4, -0.2) is 22.7 Å². The molecule has 0 saturated carbocycles. The summed E-state index contributed by atoms with van der Waals surface area (Å²) in [6, 6.07) is 1.99. The average molecular weight is 290 g/mol. The smallest absolute Gasteiger partial charge is 0.256 e. The number of thiophene rings is 1. The second kappa shape index (κ2) is 5.63. The van der Waals surface area contributed by atoms with Crippen molar-refractivity contribution in [3.05, 3.63) is 28.4 Å². The fraction of sp³-hybridized carbons (Fsp3) is 0.250. The van der Waals surface area contributed by atoms with Crippen molar-refractivity contribution in [1.29, 1.82) is 5.26 Å². The molecule has 4 N–H and O–H groups in total. The van der Waals surface area contributed by atoms with Crippen molar-refractivity contribution >= 4 is 27.9 Å². The zero-order chi connectivity index (χ0) is 14.7. The van der Waals surface area contributed by atoms with Crippen LogP contribution in [0.25, 0.3) is 0 Å². The lowest BCUT2D eigenvalue weighted by atomic mass is 10.2. The molecule has 20 heavy (non-hydrogen) atoms. The molecule has 2 rings (SSSR count). The van der Waals surface area contributed by atoms with Crippen LogP contribution in [0.4, 0.5) is 10.7 Å². The van der Waals surface area contributed by atoms with E-state index in [4.69, 9.17) is 11.0 Å². The second-order valence-corrected chi connectivity index (χ2v) is 5.14. The first-order valence-electron chi connectivity index (χ1n) is 5.82. The number of aromatic nitrogens is 2. The summed E-state index contributed by atoms with van der Waals surface area (Å²) in [5.74, 6) is -0.311. The first-order valence-corrected chi connectivity index (χ1v) is 6.64. The van der Waals surface area contributed by atoms with Crippen LogP contribution in [0.2, 0.25) is 0 Å². The highest BCUT2D eigenvalue weighted by Crippen LogP contribution is 2.35. The Balaban J connectivity index is 2.26. The van der Waals surface area contributed by atoms with E-state index in [2.05, 4.69) is 15.7 Å². The Labute approximate surface area is 120 Å². The molecule has 1 amide bonds. The van der Waals surface area contributed by atoms with Crippen molar-refractivity contribution < 1.29 is 4.79 Å². The third-order valence-corrected chi connectivity index (χ3v) is 3.78. The van der Waals surface area contributed by atoms with E-state index in [9.17, 15) is 4.79 Å². The monoisotopic (exact) mass is 290 g/mol. The molecule has 0 aliphatic carbocycles. The molecule has 0 aliphatic rings. The molecule has 0 aromatic carbocycles. The topological polar surface area (TPSA) is 109 Å². The molecule has 0 atom stereocenters. The first-order chi connectivity index (χ1) is 9.56. The van der Waals surface area contributed by atoms with Crippen LogP contribution in [0, 0.1) is 11.3 Å². The van der Waals surface area contributed by atoms with E-state index in [1.807, 2.05) is 19.3 Å². The normalized spacial score (nSPS) is 10.1. The molecule has 8 heteroatoms. The lowest BCUT2D eigenvalue weighted by Gasteiger charge is -2.05. The average Bonchev–Trinajstić information content (AvgIpc) is 2.99. The molecule has 2 heterocycles. The number of hydrogen-bond donors (Lipinski definition) is 3. The number of nitrogens with zero attached hydrogens (tertiary/aromatic N) is 3. The lowest BCUT2D eigenvalue weighted by molar-refractivity contribution is 0.0965. The van der Waals surface area contributed by atoms with E-state index in [-0.39, 0.29) is 11.6 Å². The van der Waals surface area contributed by atoms with Crippen LogP contribution in [-0.2, 0) is 13.6 Å². The van der Waals surface area contributed by atoms with Crippen LogP contribution >= 0.6 is 11.3 Å². The molecule has 7 nitrogen and oxygen atoms in total. The van der Waals surface area contributed by atoms with Crippen molar-refractivity contribution in [2.75, 3.05) is 18.1 Å². The van der Waals surface area contributed by atoms with Gasteiger partial charge < -0.3 is 16.4 Å². The highest BCUT2D eigenvalue weighted by atomic mass is 32.1. The van der Waals surface area contributed by atoms with E-state index in [1.165, 1.54) is 18.4 Å². The molecule has 0 aliphatic heterocycles. The highest BCUT2D eigenvalue weighted by Gasteiger charge is 2.21.